The summed E-state index contributed by atoms with van der Waals surface area (Å²) in [4.78, 5) is 0. The van der Waals surface area contributed by atoms with E-state index in [9.17, 15) is 0 Å². The fraction of sp³-hybridized carbons (Fsp3) is 1.00. The SMILES string of the molecule is CCSC1CC(CC)CCC1N. The predicted octanol–water partition coefficient (Wildman–Crippen LogP) is 2.65. The number of nitrogens with two attached hydrogens (primary N) is 1. The van der Waals surface area contributed by atoms with Crippen molar-refractivity contribution in [3.05, 3.63) is 0 Å². The summed E-state index contributed by atoms with van der Waals surface area (Å²) in [6.45, 7) is 4.53. The van der Waals surface area contributed by atoms with Crippen LogP contribution in [-0.4, -0.2) is 17.0 Å². The van der Waals surface area contributed by atoms with E-state index in [1.165, 1.54) is 31.4 Å². The molecule has 0 bridgehead atoms. The Labute approximate surface area is 80.5 Å². The largest absolute Gasteiger partial charge is 0.327 e. The lowest BCUT2D eigenvalue weighted by Gasteiger charge is -2.33. The molecule has 0 spiro atoms. The molecule has 2 heteroatoms. The zero-order valence-electron chi connectivity index (χ0n) is 8.25. The summed E-state index contributed by atoms with van der Waals surface area (Å²) >= 11 is 2.05. The van der Waals surface area contributed by atoms with Gasteiger partial charge in [0.05, 0.1) is 0 Å². The monoisotopic (exact) mass is 187 g/mol. The van der Waals surface area contributed by atoms with Crippen molar-refractivity contribution >= 4 is 11.8 Å². The third-order valence-electron chi connectivity index (χ3n) is 2.91. The molecule has 3 unspecified atom stereocenters. The summed E-state index contributed by atoms with van der Waals surface area (Å²) in [6.07, 6.45) is 5.30. The molecular formula is C10H21NS. The van der Waals surface area contributed by atoms with Gasteiger partial charge in [0.25, 0.3) is 0 Å². The van der Waals surface area contributed by atoms with Gasteiger partial charge in [-0.25, -0.2) is 0 Å². The molecule has 0 aromatic carbocycles. The van der Waals surface area contributed by atoms with E-state index in [2.05, 4.69) is 25.6 Å². The fourth-order valence-electron chi connectivity index (χ4n) is 2.01. The molecule has 1 nitrogen and oxygen atoms in total. The molecule has 1 fully saturated rings. The molecular weight excluding hydrogens is 166 g/mol. The average molecular weight is 187 g/mol. The Morgan fingerprint density at radius 2 is 2.08 bits per heavy atom. The molecule has 72 valence electrons. The summed E-state index contributed by atoms with van der Waals surface area (Å²) in [7, 11) is 0. The molecule has 0 heterocycles. The maximum absolute atomic E-state index is 6.06. The first-order chi connectivity index (χ1) is 5.77. The van der Waals surface area contributed by atoms with Crippen LogP contribution in [0.2, 0.25) is 0 Å². The first-order valence-electron chi connectivity index (χ1n) is 5.15. The van der Waals surface area contributed by atoms with Crippen LogP contribution in [0.3, 0.4) is 0 Å². The van der Waals surface area contributed by atoms with Gasteiger partial charge in [-0.3, -0.25) is 0 Å². The fourth-order valence-corrected chi connectivity index (χ4v) is 3.23. The molecule has 3 atom stereocenters. The van der Waals surface area contributed by atoms with Gasteiger partial charge in [0.1, 0.15) is 0 Å². The molecule has 0 amide bonds. The van der Waals surface area contributed by atoms with Crippen LogP contribution in [0.25, 0.3) is 0 Å². The van der Waals surface area contributed by atoms with Gasteiger partial charge in [0.15, 0.2) is 0 Å². The van der Waals surface area contributed by atoms with E-state index in [-0.39, 0.29) is 0 Å². The minimum Gasteiger partial charge on any atom is -0.327 e. The highest BCUT2D eigenvalue weighted by atomic mass is 32.2. The lowest BCUT2D eigenvalue weighted by Crippen LogP contribution is -2.38. The Morgan fingerprint density at radius 1 is 1.33 bits per heavy atom. The number of hydrogen-bond donors (Lipinski definition) is 1. The normalized spacial score (nSPS) is 36.8. The zero-order chi connectivity index (χ0) is 8.97. The maximum Gasteiger partial charge on any atom is 0.0201 e. The van der Waals surface area contributed by atoms with Gasteiger partial charge < -0.3 is 5.73 Å². The van der Waals surface area contributed by atoms with Crippen LogP contribution in [0.4, 0.5) is 0 Å². The first-order valence-corrected chi connectivity index (χ1v) is 6.20. The van der Waals surface area contributed by atoms with E-state index < -0.39 is 0 Å². The summed E-state index contributed by atoms with van der Waals surface area (Å²) < 4.78 is 0. The summed E-state index contributed by atoms with van der Waals surface area (Å²) in [5, 5.41) is 0.744. The third kappa shape index (κ3) is 2.67. The standard InChI is InChI=1S/C10H21NS/c1-3-8-5-6-9(11)10(7-8)12-4-2/h8-10H,3-7,11H2,1-2H3. The lowest BCUT2D eigenvalue weighted by molar-refractivity contribution is 0.328. The van der Waals surface area contributed by atoms with Crippen LogP contribution in [0.5, 0.6) is 0 Å². The highest BCUT2D eigenvalue weighted by Crippen LogP contribution is 2.32. The summed E-state index contributed by atoms with van der Waals surface area (Å²) in [5.74, 6) is 2.17. The Hall–Kier alpha value is 0.310. The van der Waals surface area contributed by atoms with Gasteiger partial charge in [0, 0.05) is 11.3 Å². The summed E-state index contributed by atoms with van der Waals surface area (Å²) in [6, 6.07) is 0.470. The molecule has 0 radical (unpaired) electrons. The third-order valence-corrected chi connectivity index (χ3v) is 4.21. The molecule has 1 saturated carbocycles. The highest BCUT2D eigenvalue weighted by Gasteiger charge is 2.26. The Kier molecular flexibility index (Phi) is 4.44. The van der Waals surface area contributed by atoms with Gasteiger partial charge in [-0.15, -0.1) is 0 Å². The van der Waals surface area contributed by atoms with Crippen molar-refractivity contribution in [3.8, 4) is 0 Å². The van der Waals surface area contributed by atoms with Crippen LogP contribution >= 0.6 is 11.8 Å². The predicted molar refractivity (Wildman–Crippen MR) is 57.5 cm³/mol. The smallest absolute Gasteiger partial charge is 0.0201 e. The molecule has 1 rings (SSSR count). The molecule has 1 aliphatic carbocycles. The quantitative estimate of drug-likeness (QED) is 0.735. The van der Waals surface area contributed by atoms with E-state index >= 15 is 0 Å². The van der Waals surface area contributed by atoms with Gasteiger partial charge in [-0.1, -0.05) is 20.3 Å². The maximum atomic E-state index is 6.06. The van der Waals surface area contributed by atoms with E-state index in [1.807, 2.05) is 0 Å². The van der Waals surface area contributed by atoms with Crippen molar-refractivity contribution in [2.45, 2.75) is 50.8 Å². The number of thioether (sulfide) groups is 1. The molecule has 0 aliphatic heterocycles. The van der Waals surface area contributed by atoms with Crippen molar-refractivity contribution < 1.29 is 0 Å². The van der Waals surface area contributed by atoms with Crippen molar-refractivity contribution in [2.24, 2.45) is 11.7 Å². The second-order valence-electron chi connectivity index (χ2n) is 3.74. The number of hydrogen-bond acceptors (Lipinski definition) is 2. The lowest BCUT2D eigenvalue weighted by atomic mass is 9.84. The van der Waals surface area contributed by atoms with Crippen LogP contribution in [0, 0.1) is 5.92 Å². The van der Waals surface area contributed by atoms with E-state index in [1.54, 1.807) is 0 Å². The van der Waals surface area contributed by atoms with Gasteiger partial charge in [0.2, 0.25) is 0 Å². The minimum absolute atomic E-state index is 0.470. The molecule has 0 aromatic rings. The molecule has 0 aromatic heterocycles. The van der Waals surface area contributed by atoms with E-state index in [0.29, 0.717) is 6.04 Å². The van der Waals surface area contributed by atoms with Crippen LogP contribution in [0.1, 0.15) is 39.5 Å². The first kappa shape index (κ1) is 10.4. The van der Waals surface area contributed by atoms with E-state index in [4.69, 9.17) is 5.73 Å². The summed E-state index contributed by atoms with van der Waals surface area (Å²) in [5.41, 5.74) is 6.06. The number of rotatable bonds is 3. The zero-order valence-corrected chi connectivity index (χ0v) is 9.07. The van der Waals surface area contributed by atoms with Crippen molar-refractivity contribution in [1.82, 2.24) is 0 Å². The van der Waals surface area contributed by atoms with Crippen molar-refractivity contribution in [3.63, 3.8) is 0 Å². The average Bonchev–Trinajstić information content (AvgIpc) is 2.09. The van der Waals surface area contributed by atoms with E-state index in [0.717, 1.165) is 11.2 Å². The Bertz CT molecular complexity index is 127. The molecule has 1 aliphatic rings. The van der Waals surface area contributed by atoms with Crippen molar-refractivity contribution in [2.75, 3.05) is 5.75 Å². The van der Waals surface area contributed by atoms with Gasteiger partial charge >= 0.3 is 0 Å². The van der Waals surface area contributed by atoms with Crippen LogP contribution in [0.15, 0.2) is 0 Å². The molecule has 2 N–H and O–H groups in total. The Morgan fingerprint density at radius 3 is 2.67 bits per heavy atom. The van der Waals surface area contributed by atoms with Crippen LogP contribution in [-0.2, 0) is 0 Å². The van der Waals surface area contributed by atoms with Crippen molar-refractivity contribution in [1.29, 1.82) is 0 Å². The van der Waals surface area contributed by atoms with Gasteiger partial charge in [-0.05, 0) is 30.9 Å². The highest BCUT2D eigenvalue weighted by molar-refractivity contribution is 7.99. The Balaban J connectivity index is 2.36. The second kappa shape index (κ2) is 5.13. The topological polar surface area (TPSA) is 26.0 Å². The minimum atomic E-state index is 0.470. The molecule has 0 saturated heterocycles. The van der Waals surface area contributed by atoms with Gasteiger partial charge in [-0.2, -0.15) is 11.8 Å². The van der Waals surface area contributed by atoms with Crippen LogP contribution < -0.4 is 5.73 Å². The molecule has 12 heavy (non-hydrogen) atoms. The second-order valence-corrected chi connectivity index (χ2v) is 5.26.